The average molecular weight is 272 g/mol. The zero-order valence-corrected chi connectivity index (χ0v) is 11.8. The van der Waals surface area contributed by atoms with Crippen LogP contribution in [0.4, 0.5) is 0 Å². The third-order valence-electron chi connectivity index (χ3n) is 3.35. The molecule has 0 saturated heterocycles. The fourth-order valence-corrected chi connectivity index (χ4v) is 2.85. The van der Waals surface area contributed by atoms with Crippen molar-refractivity contribution in [2.75, 3.05) is 0 Å². The molecule has 0 radical (unpaired) electrons. The molecule has 19 heavy (non-hydrogen) atoms. The van der Waals surface area contributed by atoms with E-state index in [-0.39, 0.29) is 6.04 Å². The third-order valence-corrected chi connectivity index (χ3v) is 3.65. The lowest BCUT2D eigenvalue weighted by Crippen LogP contribution is -2.12. The summed E-state index contributed by atoms with van der Waals surface area (Å²) in [4.78, 5) is 7.35. The molecule has 0 aliphatic heterocycles. The lowest BCUT2D eigenvalue weighted by atomic mass is 10.2. The summed E-state index contributed by atoms with van der Waals surface area (Å²) in [6, 6.07) is 6.65. The first-order valence-corrected chi connectivity index (χ1v) is 6.72. The van der Waals surface area contributed by atoms with Crippen molar-refractivity contribution < 1.29 is 0 Å². The van der Waals surface area contributed by atoms with Crippen LogP contribution in [0.3, 0.4) is 0 Å². The molecule has 1 atom stereocenters. The van der Waals surface area contributed by atoms with Crippen LogP contribution in [0.25, 0.3) is 11.0 Å². The van der Waals surface area contributed by atoms with Gasteiger partial charge in [0.1, 0.15) is 0 Å². The van der Waals surface area contributed by atoms with Crippen LogP contribution >= 0.6 is 12.2 Å². The molecule has 4 nitrogen and oxygen atoms in total. The number of nitrogens with one attached hydrogen (secondary N) is 1. The summed E-state index contributed by atoms with van der Waals surface area (Å²) in [5.74, 6) is 0. The van der Waals surface area contributed by atoms with Gasteiger partial charge in [0, 0.05) is 18.9 Å². The molecule has 0 aliphatic rings. The molecule has 3 aromatic rings. The molecule has 0 saturated carbocycles. The van der Waals surface area contributed by atoms with Crippen molar-refractivity contribution in [2.24, 2.45) is 0 Å². The van der Waals surface area contributed by atoms with Gasteiger partial charge in [-0.05, 0) is 43.8 Å². The van der Waals surface area contributed by atoms with E-state index in [0.717, 1.165) is 22.3 Å². The van der Waals surface area contributed by atoms with Crippen molar-refractivity contribution >= 4 is 23.3 Å². The molecule has 5 heteroatoms. The fourth-order valence-electron chi connectivity index (χ4n) is 2.46. The number of nitrogens with zero attached hydrogens (tertiary/aromatic N) is 3. The maximum Gasteiger partial charge on any atom is 0.178 e. The highest BCUT2D eigenvalue weighted by Crippen LogP contribution is 2.21. The lowest BCUT2D eigenvalue weighted by Gasteiger charge is -2.15. The number of benzene rings is 1. The Morgan fingerprint density at radius 2 is 2.26 bits per heavy atom. The molecule has 1 N–H and O–H groups in total. The highest BCUT2D eigenvalue weighted by molar-refractivity contribution is 7.71. The number of hydrogen-bond acceptors (Lipinski definition) is 2. The number of imidazole rings is 2. The Kier molecular flexibility index (Phi) is 2.98. The molecule has 0 spiro atoms. The Hall–Kier alpha value is -1.88. The van der Waals surface area contributed by atoms with Crippen molar-refractivity contribution in [3.63, 3.8) is 0 Å². The van der Waals surface area contributed by atoms with Gasteiger partial charge in [-0.15, -0.1) is 0 Å². The number of rotatable bonds is 3. The lowest BCUT2D eigenvalue weighted by molar-refractivity contribution is 0.470. The van der Waals surface area contributed by atoms with E-state index in [4.69, 9.17) is 12.2 Å². The van der Waals surface area contributed by atoms with E-state index in [2.05, 4.69) is 51.1 Å². The second kappa shape index (κ2) is 4.66. The number of fused-ring (bicyclic) bond motifs is 1. The van der Waals surface area contributed by atoms with E-state index >= 15 is 0 Å². The first-order valence-electron chi connectivity index (χ1n) is 6.32. The topological polar surface area (TPSA) is 38.5 Å². The van der Waals surface area contributed by atoms with Crippen molar-refractivity contribution in [3.8, 4) is 0 Å². The molecule has 0 fully saturated rings. The maximum absolute atomic E-state index is 5.45. The Balaban J connectivity index is 2.04. The van der Waals surface area contributed by atoms with Crippen LogP contribution < -0.4 is 0 Å². The Morgan fingerprint density at radius 1 is 1.42 bits per heavy atom. The van der Waals surface area contributed by atoms with Gasteiger partial charge in [-0.25, -0.2) is 4.98 Å². The number of aryl methyl sites for hydroxylation is 1. The van der Waals surface area contributed by atoms with Crippen LogP contribution in [0.2, 0.25) is 0 Å². The van der Waals surface area contributed by atoms with Crippen molar-refractivity contribution in [2.45, 2.75) is 26.4 Å². The quantitative estimate of drug-likeness (QED) is 0.741. The van der Waals surface area contributed by atoms with Crippen LogP contribution in [0, 0.1) is 11.7 Å². The standard InChI is InChI=1S/C14H16N4S/c1-10-3-4-13-12(7-10)16-14(19)18(13)11(2)8-17-6-5-15-9-17/h3-7,9,11H,8H2,1-2H3,(H,16,19). The molecule has 2 heterocycles. The summed E-state index contributed by atoms with van der Waals surface area (Å²) in [5.41, 5.74) is 3.49. The first kappa shape index (κ1) is 12.2. The number of aromatic nitrogens is 4. The summed E-state index contributed by atoms with van der Waals surface area (Å²) in [6.07, 6.45) is 5.60. The van der Waals surface area contributed by atoms with Crippen molar-refractivity contribution in [1.82, 2.24) is 19.1 Å². The minimum atomic E-state index is 0.276. The summed E-state index contributed by atoms with van der Waals surface area (Å²) < 4.78 is 5.01. The van der Waals surface area contributed by atoms with E-state index < -0.39 is 0 Å². The summed E-state index contributed by atoms with van der Waals surface area (Å²) >= 11 is 5.45. The number of hydrogen-bond donors (Lipinski definition) is 1. The zero-order chi connectivity index (χ0) is 13.4. The van der Waals surface area contributed by atoms with Gasteiger partial charge in [0.25, 0.3) is 0 Å². The Bertz CT molecular complexity index is 751. The largest absolute Gasteiger partial charge is 0.335 e. The van der Waals surface area contributed by atoms with Crippen LogP contribution in [0.15, 0.2) is 36.9 Å². The molecule has 0 amide bonds. The molecule has 2 aromatic heterocycles. The van der Waals surface area contributed by atoms with Crippen molar-refractivity contribution in [3.05, 3.63) is 47.3 Å². The van der Waals surface area contributed by atoms with E-state index in [1.165, 1.54) is 5.56 Å². The highest BCUT2D eigenvalue weighted by Gasteiger charge is 2.11. The second-order valence-electron chi connectivity index (χ2n) is 4.93. The molecular formula is C14H16N4S. The molecule has 1 unspecified atom stereocenters. The molecule has 0 aliphatic carbocycles. The Morgan fingerprint density at radius 3 is 3.00 bits per heavy atom. The predicted octanol–water partition coefficient (Wildman–Crippen LogP) is 3.47. The van der Waals surface area contributed by atoms with Gasteiger partial charge in [-0.1, -0.05) is 6.07 Å². The Labute approximate surface area is 116 Å². The number of H-pyrrole nitrogens is 1. The molecule has 0 bridgehead atoms. The minimum Gasteiger partial charge on any atom is -0.335 e. The smallest absolute Gasteiger partial charge is 0.178 e. The SMILES string of the molecule is Cc1ccc2c(c1)[nH]c(=S)n2C(C)Cn1ccnc1. The normalized spacial score (nSPS) is 12.9. The van der Waals surface area contributed by atoms with Crippen LogP contribution in [0.5, 0.6) is 0 Å². The first-order chi connectivity index (χ1) is 9.15. The van der Waals surface area contributed by atoms with E-state index in [0.29, 0.717) is 0 Å². The average Bonchev–Trinajstić information content (AvgIpc) is 2.95. The van der Waals surface area contributed by atoms with Crippen LogP contribution in [0.1, 0.15) is 18.5 Å². The van der Waals surface area contributed by atoms with Crippen LogP contribution in [-0.2, 0) is 6.54 Å². The van der Waals surface area contributed by atoms with Gasteiger partial charge in [-0.3, -0.25) is 0 Å². The minimum absolute atomic E-state index is 0.276. The second-order valence-corrected chi connectivity index (χ2v) is 5.32. The molecular weight excluding hydrogens is 256 g/mol. The van der Waals surface area contributed by atoms with Gasteiger partial charge in [0.15, 0.2) is 4.77 Å². The third kappa shape index (κ3) is 2.21. The van der Waals surface area contributed by atoms with E-state index in [1.807, 2.05) is 12.5 Å². The predicted molar refractivity (Wildman–Crippen MR) is 78.8 cm³/mol. The zero-order valence-electron chi connectivity index (χ0n) is 11.0. The molecule has 1 aromatic carbocycles. The molecule has 3 rings (SSSR count). The van der Waals surface area contributed by atoms with Gasteiger partial charge in [0.2, 0.25) is 0 Å². The number of aromatic amines is 1. The van der Waals surface area contributed by atoms with Gasteiger partial charge >= 0.3 is 0 Å². The van der Waals surface area contributed by atoms with Gasteiger partial charge < -0.3 is 14.1 Å². The highest BCUT2D eigenvalue weighted by atomic mass is 32.1. The fraction of sp³-hybridized carbons (Fsp3) is 0.286. The van der Waals surface area contributed by atoms with E-state index in [9.17, 15) is 0 Å². The summed E-state index contributed by atoms with van der Waals surface area (Å²) in [5, 5.41) is 0. The summed E-state index contributed by atoms with van der Waals surface area (Å²) in [6.45, 7) is 5.11. The van der Waals surface area contributed by atoms with Gasteiger partial charge in [0.05, 0.1) is 23.4 Å². The maximum atomic E-state index is 5.45. The summed E-state index contributed by atoms with van der Waals surface area (Å²) in [7, 11) is 0. The van der Waals surface area contributed by atoms with Crippen LogP contribution in [-0.4, -0.2) is 19.1 Å². The van der Waals surface area contributed by atoms with Crippen molar-refractivity contribution in [1.29, 1.82) is 0 Å². The molecule has 98 valence electrons. The van der Waals surface area contributed by atoms with Gasteiger partial charge in [-0.2, -0.15) is 0 Å². The monoisotopic (exact) mass is 272 g/mol. The van der Waals surface area contributed by atoms with E-state index in [1.54, 1.807) is 6.20 Å².